The van der Waals surface area contributed by atoms with Crippen molar-refractivity contribution in [3.8, 4) is 0 Å². The molecule has 0 aliphatic carbocycles. The highest BCUT2D eigenvalue weighted by atomic mass is 16.2. The molecule has 2 aromatic rings. The fourth-order valence-corrected chi connectivity index (χ4v) is 4.16. The molecule has 0 saturated carbocycles. The van der Waals surface area contributed by atoms with E-state index in [0.717, 1.165) is 22.4 Å². The van der Waals surface area contributed by atoms with Crippen LogP contribution in [0.1, 0.15) is 70.7 Å². The molecule has 6 heteroatoms. The highest BCUT2D eigenvalue weighted by Crippen LogP contribution is 2.31. The summed E-state index contributed by atoms with van der Waals surface area (Å²) in [7, 11) is 0. The number of imide groups is 1. The zero-order valence-electron chi connectivity index (χ0n) is 20.4. The maximum absolute atomic E-state index is 13.3. The van der Waals surface area contributed by atoms with Gasteiger partial charge in [-0.25, -0.2) is 4.79 Å². The molecule has 2 aromatic carbocycles. The number of hydrogen-bond acceptors (Lipinski definition) is 3. The van der Waals surface area contributed by atoms with Crippen LogP contribution >= 0.6 is 0 Å². The van der Waals surface area contributed by atoms with Gasteiger partial charge in [-0.1, -0.05) is 89.2 Å². The van der Waals surface area contributed by atoms with E-state index < -0.39 is 17.5 Å². The van der Waals surface area contributed by atoms with Crippen molar-refractivity contribution in [3.05, 3.63) is 71.3 Å². The van der Waals surface area contributed by atoms with E-state index in [1.165, 1.54) is 0 Å². The number of benzene rings is 2. The van der Waals surface area contributed by atoms with Crippen LogP contribution in [0.4, 0.5) is 4.79 Å². The third-order valence-electron chi connectivity index (χ3n) is 6.15. The molecule has 33 heavy (non-hydrogen) atoms. The minimum Gasteiger partial charge on any atom is -0.348 e. The number of carbonyl (C=O) groups excluding carboxylic acids is 3. The lowest BCUT2D eigenvalue weighted by atomic mass is 9.84. The van der Waals surface area contributed by atoms with Gasteiger partial charge < -0.3 is 10.6 Å². The molecule has 0 aromatic heterocycles. The molecule has 6 nitrogen and oxygen atoms in total. The highest BCUT2D eigenvalue weighted by Gasteiger charge is 2.49. The molecular weight excluding hydrogens is 414 g/mol. The van der Waals surface area contributed by atoms with E-state index in [9.17, 15) is 14.4 Å². The number of rotatable bonds is 7. The third kappa shape index (κ3) is 5.44. The minimum absolute atomic E-state index is 0.0161. The summed E-state index contributed by atoms with van der Waals surface area (Å²) >= 11 is 0. The van der Waals surface area contributed by atoms with Gasteiger partial charge in [-0.05, 0) is 41.4 Å². The van der Waals surface area contributed by atoms with Gasteiger partial charge in [0.05, 0.1) is 6.04 Å². The summed E-state index contributed by atoms with van der Waals surface area (Å²) in [5.74, 6) is -0.418. The van der Waals surface area contributed by atoms with E-state index in [1.54, 1.807) is 6.92 Å². The zero-order chi connectivity index (χ0) is 24.4. The van der Waals surface area contributed by atoms with Crippen molar-refractivity contribution < 1.29 is 14.4 Å². The van der Waals surface area contributed by atoms with Gasteiger partial charge in [-0.15, -0.1) is 0 Å². The van der Waals surface area contributed by atoms with Crippen molar-refractivity contribution in [1.29, 1.82) is 0 Å². The van der Waals surface area contributed by atoms with E-state index in [0.29, 0.717) is 11.5 Å². The van der Waals surface area contributed by atoms with Crippen LogP contribution < -0.4 is 10.6 Å². The summed E-state index contributed by atoms with van der Waals surface area (Å²) in [4.78, 5) is 39.8. The summed E-state index contributed by atoms with van der Waals surface area (Å²) in [6, 6.07) is 16.7. The maximum Gasteiger partial charge on any atom is 0.325 e. The van der Waals surface area contributed by atoms with E-state index in [4.69, 9.17) is 0 Å². The second kappa shape index (κ2) is 9.38. The molecule has 1 saturated heterocycles. The minimum atomic E-state index is -1.20. The Labute approximate surface area is 196 Å². The SMILES string of the molecule is CC(C)CC(NC(=O)CN1C(=O)NC(C)(c2ccc(C(C)(C)C)cc2)C1=O)c1ccccc1. The van der Waals surface area contributed by atoms with E-state index >= 15 is 0 Å². The van der Waals surface area contributed by atoms with E-state index in [1.807, 2.05) is 54.6 Å². The number of amides is 4. The van der Waals surface area contributed by atoms with Gasteiger partial charge in [0.15, 0.2) is 0 Å². The first-order valence-electron chi connectivity index (χ1n) is 11.5. The largest absolute Gasteiger partial charge is 0.348 e. The van der Waals surface area contributed by atoms with Crippen LogP contribution in [0.3, 0.4) is 0 Å². The highest BCUT2D eigenvalue weighted by molar-refractivity contribution is 6.09. The molecular formula is C27H35N3O3. The predicted molar refractivity (Wildman–Crippen MR) is 130 cm³/mol. The standard InChI is InChI=1S/C27H35N3O3/c1-18(2)16-22(19-10-8-7-9-11-19)28-23(31)17-30-24(32)27(6,29-25(30)33)21-14-12-20(13-15-21)26(3,4)5/h7-15,18,22H,16-17H2,1-6H3,(H,28,31)(H,29,33). The second-order valence-electron chi connectivity index (χ2n) is 10.4. The van der Waals surface area contributed by atoms with E-state index in [2.05, 4.69) is 45.3 Å². The molecule has 2 unspecified atom stereocenters. The Bertz CT molecular complexity index is 1010. The summed E-state index contributed by atoms with van der Waals surface area (Å²) < 4.78 is 0. The average Bonchev–Trinajstić information content (AvgIpc) is 2.97. The third-order valence-corrected chi connectivity index (χ3v) is 6.15. The van der Waals surface area contributed by atoms with Crippen LogP contribution in [-0.4, -0.2) is 29.3 Å². The van der Waals surface area contributed by atoms with Crippen LogP contribution in [0.15, 0.2) is 54.6 Å². The maximum atomic E-state index is 13.3. The Morgan fingerprint density at radius 3 is 2.18 bits per heavy atom. The van der Waals surface area contributed by atoms with Crippen molar-refractivity contribution in [2.24, 2.45) is 5.92 Å². The molecule has 2 N–H and O–H groups in total. The van der Waals surface area contributed by atoms with Crippen LogP contribution in [0.5, 0.6) is 0 Å². The molecule has 0 bridgehead atoms. The molecule has 176 valence electrons. The molecule has 1 heterocycles. The first kappa shape index (κ1) is 24.5. The monoisotopic (exact) mass is 449 g/mol. The summed E-state index contributed by atoms with van der Waals surface area (Å²) in [5, 5.41) is 5.80. The number of urea groups is 1. The second-order valence-corrected chi connectivity index (χ2v) is 10.4. The van der Waals surface area contributed by atoms with Gasteiger partial charge >= 0.3 is 6.03 Å². The van der Waals surface area contributed by atoms with Gasteiger partial charge in [0.2, 0.25) is 5.91 Å². The quantitative estimate of drug-likeness (QED) is 0.604. The molecule has 3 rings (SSSR count). The fraction of sp³-hybridized carbons (Fsp3) is 0.444. The normalized spacial score (nSPS) is 19.5. The molecule has 2 atom stereocenters. The molecule has 0 spiro atoms. The van der Waals surface area contributed by atoms with Gasteiger partial charge in [0.1, 0.15) is 12.1 Å². The fourth-order valence-electron chi connectivity index (χ4n) is 4.16. The Hall–Kier alpha value is -3.15. The zero-order valence-corrected chi connectivity index (χ0v) is 20.4. The first-order valence-corrected chi connectivity index (χ1v) is 11.5. The average molecular weight is 450 g/mol. The van der Waals surface area contributed by atoms with Gasteiger partial charge in [0.25, 0.3) is 5.91 Å². The van der Waals surface area contributed by atoms with Crippen LogP contribution in [0.25, 0.3) is 0 Å². The molecule has 0 radical (unpaired) electrons. The lowest BCUT2D eigenvalue weighted by Gasteiger charge is -2.25. The molecule has 1 fully saturated rings. The molecule has 1 aliphatic heterocycles. The number of hydrogen-bond donors (Lipinski definition) is 2. The van der Waals surface area contributed by atoms with Crippen molar-refractivity contribution in [2.75, 3.05) is 6.54 Å². The lowest BCUT2D eigenvalue weighted by Crippen LogP contribution is -2.44. The summed E-state index contributed by atoms with van der Waals surface area (Å²) in [6.45, 7) is 11.9. The Morgan fingerprint density at radius 1 is 1.03 bits per heavy atom. The van der Waals surface area contributed by atoms with Gasteiger partial charge in [0, 0.05) is 0 Å². The number of carbonyl (C=O) groups is 3. The van der Waals surface area contributed by atoms with Crippen LogP contribution in [-0.2, 0) is 20.5 Å². The van der Waals surface area contributed by atoms with Crippen molar-refractivity contribution in [1.82, 2.24) is 15.5 Å². The Kier molecular flexibility index (Phi) is 6.96. The first-order chi connectivity index (χ1) is 15.4. The lowest BCUT2D eigenvalue weighted by molar-refractivity contribution is -0.135. The van der Waals surface area contributed by atoms with Crippen LogP contribution in [0, 0.1) is 5.92 Å². The smallest absolute Gasteiger partial charge is 0.325 e. The van der Waals surface area contributed by atoms with Crippen molar-refractivity contribution in [2.45, 2.75) is 65.0 Å². The van der Waals surface area contributed by atoms with Gasteiger partial charge in [-0.3, -0.25) is 14.5 Å². The van der Waals surface area contributed by atoms with Crippen molar-refractivity contribution >= 4 is 17.8 Å². The summed E-state index contributed by atoms with van der Waals surface area (Å²) in [5.41, 5.74) is 1.61. The van der Waals surface area contributed by atoms with E-state index in [-0.39, 0.29) is 23.9 Å². The van der Waals surface area contributed by atoms with Crippen molar-refractivity contribution in [3.63, 3.8) is 0 Å². The molecule has 1 aliphatic rings. The topological polar surface area (TPSA) is 78.5 Å². The summed E-state index contributed by atoms with van der Waals surface area (Å²) in [6.07, 6.45) is 0.758. The Morgan fingerprint density at radius 2 is 1.64 bits per heavy atom. The van der Waals surface area contributed by atoms with Crippen LogP contribution in [0.2, 0.25) is 0 Å². The number of nitrogens with zero attached hydrogens (tertiary/aromatic N) is 1. The van der Waals surface area contributed by atoms with Gasteiger partial charge in [-0.2, -0.15) is 0 Å². The Balaban J connectivity index is 1.74. The predicted octanol–water partition coefficient (Wildman–Crippen LogP) is 4.65. The molecule has 4 amide bonds. The number of nitrogens with one attached hydrogen (secondary N) is 2.